The maximum atomic E-state index is 2.00. The van der Waals surface area contributed by atoms with Gasteiger partial charge in [-0.1, -0.05) is 0 Å². The highest BCUT2D eigenvalue weighted by Gasteiger charge is 1.58. The first-order valence-corrected chi connectivity index (χ1v) is 1.34. The highest BCUT2D eigenvalue weighted by molar-refractivity contribution is 4.09. The maximum absolute atomic E-state index is 2.00. The third kappa shape index (κ3) is 984. The van der Waals surface area contributed by atoms with Crippen LogP contribution in [0.1, 0.15) is 0 Å². The molecule has 3 heteroatoms. The largest absolute Gasteiger partial charge is 1.00 e. The minimum atomic E-state index is 0. The number of halogens is 1. The third-order valence-corrected chi connectivity index (χ3v) is 0. The molecule has 2 nitrogen and oxygen atoms in total. The Labute approximate surface area is 45.5 Å². The van der Waals surface area contributed by atoms with E-state index in [0.717, 1.165) is 0 Å². The number of hydrogen-bond donors (Lipinski definition) is 1. The molecular formula is C3H13ClN2. The molecule has 0 aromatic rings. The highest BCUT2D eigenvalue weighted by atomic mass is 35.5. The Balaban J connectivity index is -0.0000000450. The minimum Gasteiger partial charge on any atom is -1.00 e. The molecular weight excluding hydrogens is 99.5 g/mol. The van der Waals surface area contributed by atoms with E-state index in [2.05, 4.69) is 0 Å². The molecule has 0 heterocycles. The predicted molar refractivity (Wildman–Crippen MR) is 25.6 cm³/mol. The lowest BCUT2D eigenvalue weighted by Gasteiger charge is -1.90. The van der Waals surface area contributed by atoms with Crippen molar-refractivity contribution in [3.63, 3.8) is 0 Å². The summed E-state index contributed by atoms with van der Waals surface area (Å²) in [5.41, 5.74) is 0. The first kappa shape index (κ1) is 16.4. The first-order chi connectivity index (χ1) is 1.73. The van der Waals surface area contributed by atoms with E-state index in [1.165, 1.54) is 0 Å². The van der Waals surface area contributed by atoms with Crippen LogP contribution in [0.15, 0.2) is 0 Å². The van der Waals surface area contributed by atoms with Crippen molar-refractivity contribution in [3.8, 4) is 0 Å². The third-order valence-electron chi connectivity index (χ3n) is 0. The van der Waals surface area contributed by atoms with E-state index in [0.29, 0.717) is 0 Å². The lowest BCUT2D eigenvalue weighted by Crippen LogP contribution is -3.00. The Bertz CT molecular complexity index is 13.5. The summed E-state index contributed by atoms with van der Waals surface area (Å²) < 4.78 is 0. The normalized spacial score (nSPS) is 6.00. The molecule has 4 N–H and O–H groups in total. The molecule has 0 aliphatic heterocycles. The van der Waals surface area contributed by atoms with Gasteiger partial charge in [0, 0.05) is 0 Å². The molecule has 0 unspecified atom stereocenters. The van der Waals surface area contributed by atoms with Gasteiger partial charge in [-0.25, -0.2) is 0 Å². The molecule has 0 amide bonds. The van der Waals surface area contributed by atoms with Gasteiger partial charge in [-0.3, -0.25) is 0 Å². The molecule has 0 aliphatic rings. The van der Waals surface area contributed by atoms with Crippen molar-refractivity contribution < 1.29 is 12.4 Å². The van der Waals surface area contributed by atoms with Crippen LogP contribution in [0.4, 0.5) is 0 Å². The summed E-state index contributed by atoms with van der Waals surface area (Å²) in [7, 11) is 6.00. The van der Waals surface area contributed by atoms with Crippen LogP contribution in [0, 0.1) is 0 Å². The fourth-order valence-corrected chi connectivity index (χ4v) is 0. The van der Waals surface area contributed by atoms with E-state index < -0.39 is 0 Å². The Kier molecular flexibility index (Phi) is 24.4. The van der Waals surface area contributed by atoms with E-state index in [1.807, 2.05) is 26.0 Å². The molecule has 6 heavy (non-hydrogen) atoms. The van der Waals surface area contributed by atoms with Gasteiger partial charge in [0.1, 0.15) is 0 Å². The van der Waals surface area contributed by atoms with Gasteiger partial charge in [0.25, 0.3) is 0 Å². The molecule has 0 bridgehead atoms. The van der Waals surface area contributed by atoms with Gasteiger partial charge in [0.2, 0.25) is 0 Å². The molecule has 0 aromatic carbocycles. The van der Waals surface area contributed by atoms with Crippen molar-refractivity contribution in [2.24, 2.45) is 0 Å². The van der Waals surface area contributed by atoms with Gasteiger partial charge in [0.05, 0.1) is 0 Å². The summed E-state index contributed by atoms with van der Waals surface area (Å²) in [4.78, 5) is 2.00. The lowest BCUT2D eigenvalue weighted by molar-refractivity contribution is -0.00000157. The SMILES string of the molecule is CN(C)C.[Cl-].[NH4+]. The predicted octanol–water partition coefficient (Wildman–Crippen LogP) is -2.44. The Hall–Kier alpha value is 0.210. The summed E-state index contributed by atoms with van der Waals surface area (Å²) in [6, 6.07) is 0. The average molecular weight is 113 g/mol. The van der Waals surface area contributed by atoms with E-state index >= 15 is 0 Å². The Morgan fingerprint density at radius 2 is 1.00 bits per heavy atom. The number of nitrogens with zero attached hydrogens (tertiary/aromatic N) is 1. The van der Waals surface area contributed by atoms with E-state index in [9.17, 15) is 0 Å². The molecule has 0 saturated carbocycles. The Morgan fingerprint density at radius 1 is 1.00 bits per heavy atom. The maximum Gasteiger partial charge on any atom is -0.0140 e. The van der Waals surface area contributed by atoms with Crippen LogP contribution in [-0.4, -0.2) is 26.0 Å². The van der Waals surface area contributed by atoms with Crippen LogP contribution in [0.5, 0.6) is 0 Å². The quantitative estimate of drug-likeness (QED) is 0.372. The van der Waals surface area contributed by atoms with Crippen LogP contribution < -0.4 is 18.6 Å². The van der Waals surface area contributed by atoms with Gasteiger partial charge >= 0.3 is 0 Å². The second-order valence-electron chi connectivity index (χ2n) is 1.34. The summed E-state index contributed by atoms with van der Waals surface area (Å²) in [5.74, 6) is 0. The average Bonchev–Trinajstić information content (AvgIpc) is 0.811. The minimum absolute atomic E-state index is 0. The van der Waals surface area contributed by atoms with Gasteiger partial charge < -0.3 is 23.5 Å². The van der Waals surface area contributed by atoms with E-state index in [1.54, 1.807) is 0 Å². The van der Waals surface area contributed by atoms with Crippen LogP contribution in [0.3, 0.4) is 0 Å². The monoisotopic (exact) mass is 112 g/mol. The molecule has 42 valence electrons. The summed E-state index contributed by atoms with van der Waals surface area (Å²) in [6.07, 6.45) is 0. The smallest absolute Gasteiger partial charge is 0.0140 e. The van der Waals surface area contributed by atoms with Crippen molar-refractivity contribution in [1.82, 2.24) is 11.1 Å². The van der Waals surface area contributed by atoms with Gasteiger partial charge in [-0.05, 0) is 21.1 Å². The fraction of sp³-hybridized carbons (Fsp3) is 1.00. The van der Waals surface area contributed by atoms with Gasteiger partial charge in [0.15, 0.2) is 0 Å². The molecule has 0 aromatic heterocycles. The number of quaternary nitrogens is 1. The zero-order valence-electron chi connectivity index (χ0n) is 4.83. The second kappa shape index (κ2) is 8.96. The van der Waals surface area contributed by atoms with E-state index in [4.69, 9.17) is 0 Å². The Morgan fingerprint density at radius 3 is 1.00 bits per heavy atom. The summed E-state index contributed by atoms with van der Waals surface area (Å²) >= 11 is 0. The van der Waals surface area contributed by atoms with Crippen molar-refractivity contribution in [3.05, 3.63) is 0 Å². The zero-order valence-corrected chi connectivity index (χ0v) is 5.58. The molecule has 0 radical (unpaired) electrons. The topological polar surface area (TPSA) is 39.7 Å². The first-order valence-electron chi connectivity index (χ1n) is 1.34. The van der Waals surface area contributed by atoms with Crippen LogP contribution in [0.2, 0.25) is 0 Å². The van der Waals surface area contributed by atoms with Crippen molar-refractivity contribution in [1.29, 1.82) is 0 Å². The van der Waals surface area contributed by atoms with Gasteiger partial charge in [-0.15, -0.1) is 0 Å². The van der Waals surface area contributed by atoms with Crippen molar-refractivity contribution >= 4 is 0 Å². The standard InChI is InChI=1S/C3H9N.ClH.H3N/c1-4(2)3;;/h1-3H3;1H;1H3. The number of rotatable bonds is 0. The fourth-order valence-electron chi connectivity index (χ4n) is 0. The van der Waals surface area contributed by atoms with Crippen LogP contribution >= 0.6 is 0 Å². The zero-order chi connectivity index (χ0) is 3.58. The summed E-state index contributed by atoms with van der Waals surface area (Å²) in [5, 5.41) is 0. The molecule has 0 atom stereocenters. The lowest BCUT2D eigenvalue weighted by atomic mass is 11.0. The molecule has 0 spiro atoms. The molecule has 0 saturated heterocycles. The van der Waals surface area contributed by atoms with Crippen LogP contribution in [0.25, 0.3) is 0 Å². The van der Waals surface area contributed by atoms with Crippen molar-refractivity contribution in [2.45, 2.75) is 0 Å². The van der Waals surface area contributed by atoms with E-state index in [-0.39, 0.29) is 18.6 Å². The molecule has 0 aliphatic carbocycles. The molecule has 0 rings (SSSR count). The summed E-state index contributed by atoms with van der Waals surface area (Å²) in [6.45, 7) is 0. The van der Waals surface area contributed by atoms with Gasteiger partial charge in [-0.2, -0.15) is 0 Å². The van der Waals surface area contributed by atoms with Crippen molar-refractivity contribution in [2.75, 3.05) is 21.1 Å². The highest BCUT2D eigenvalue weighted by Crippen LogP contribution is 1.47. The number of hydrogen-bond acceptors (Lipinski definition) is 1. The molecule has 0 fully saturated rings. The second-order valence-corrected chi connectivity index (χ2v) is 1.34. The van der Waals surface area contributed by atoms with Crippen LogP contribution in [-0.2, 0) is 0 Å².